The average Bonchev–Trinajstić information content (AvgIpc) is 3.88. The molecule has 1 aliphatic heterocycles. The maximum absolute atomic E-state index is 6.66. The molecule has 0 fully saturated rings. The van der Waals surface area contributed by atoms with E-state index in [0.29, 0.717) is 11.5 Å². The summed E-state index contributed by atoms with van der Waals surface area (Å²) in [4.78, 5) is 9.39. The number of pyridine rings is 1. The average molecular weight is 1020 g/mol. The molecular formula is C58H57N4OPt-3. The predicted molar refractivity (Wildman–Crippen MR) is 262 cm³/mol. The molecular weight excluding hydrogens is 964 g/mol. The Kier molecular flexibility index (Phi) is 11.8. The van der Waals surface area contributed by atoms with Crippen LogP contribution in [0.3, 0.4) is 0 Å². The fourth-order valence-electron chi connectivity index (χ4n) is 8.76. The van der Waals surface area contributed by atoms with Gasteiger partial charge in [-0.1, -0.05) is 160 Å². The van der Waals surface area contributed by atoms with Crippen molar-refractivity contribution in [3.63, 3.8) is 0 Å². The Morgan fingerprint density at radius 1 is 0.531 bits per heavy atom. The van der Waals surface area contributed by atoms with Gasteiger partial charge in [0.1, 0.15) is 5.82 Å². The first-order valence-corrected chi connectivity index (χ1v) is 22.0. The Hall–Kier alpha value is -5.90. The molecule has 9 rings (SSSR count). The molecule has 0 aliphatic carbocycles. The molecule has 6 heteroatoms. The maximum atomic E-state index is 6.66. The second-order valence-corrected chi connectivity index (χ2v) is 20.0. The van der Waals surface area contributed by atoms with Crippen LogP contribution in [0.1, 0.15) is 97.1 Å². The standard InChI is InChI=1S/C58H57N4O.Pt/c1-55(2,3)42-30-31-59-54(35-42)62-51-27-18-17-26-49(51)50-29-28-48(37-52(50)62)63-47-25-19-24-45(36-47)61-39-60(38-53(61)56(4,5)6)46-33-43(57(7,8)40-20-13-11-14-21-40)32-44(34-46)58(9,10)41-22-15-12-16-23-41;/h11-35,38-39H,1-10H3;/q-3;. The molecule has 0 saturated carbocycles. The molecule has 1 aliphatic rings. The quantitative estimate of drug-likeness (QED) is 0.135. The zero-order valence-corrected chi connectivity index (χ0v) is 40.9. The second kappa shape index (κ2) is 16.9. The van der Waals surface area contributed by atoms with Crippen molar-refractivity contribution in [3.05, 3.63) is 210 Å². The van der Waals surface area contributed by atoms with Crippen LogP contribution < -0.4 is 14.5 Å². The van der Waals surface area contributed by atoms with Crippen molar-refractivity contribution < 1.29 is 25.8 Å². The molecule has 64 heavy (non-hydrogen) atoms. The molecule has 328 valence electrons. The summed E-state index contributed by atoms with van der Waals surface area (Å²) in [6.45, 7) is 25.0. The third kappa shape index (κ3) is 8.43. The van der Waals surface area contributed by atoms with E-state index in [4.69, 9.17) is 9.72 Å². The molecule has 0 radical (unpaired) electrons. The molecule has 0 spiro atoms. The number of nitrogens with zero attached hydrogens (tertiary/aromatic N) is 4. The van der Waals surface area contributed by atoms with Crippen molar-refractivity contribution in [2.75, 3.05) is 9.80 Å². The summed E-state index contributed by atoms with van der Waals surface area (Å²) in [6, 6.07) is 59.1. The maximum Gasteiger partial charge on any atom is 0.135 e. The molecule has 0 atom stereocenters. The molecule has 0 unspecified atom stereocenters. The summed E-state index contributed by atoms with van der Waals surface area (Å²) in [5, 5.41) is 2.24. The number of ether oxygens (including phenoxy) is 1. The van der Waals surface area contributed by atoms with E-state index >= 15 is 0 Å². The monoisotopic (exact) mass is 1020 g/mol. The van der Waals surface area contributed by atoms with Gasteiger partial charge in [-0.3, -0.25) is 0 Å². The Morgan fingerprint density at radius 3 is 1.77 bits per heavy atom. The van der Waals surface area contributed by atoms with E-state index in [2.05, 4.69) is 236 Å². The number of fused-ring (bicyclic) bond motifs is 3. The van der Waals surface area contributed by atoms with Crippen LogP contribution in [0.4, 0.5) is 11.4 Å². The minimum atomic E-state index is -0.240. The Balaban J connectivity index is 0.00000560. The van der Waals surface area contributed by atoms with Crippen LogP contribution in [-0.2, 0) is 37.3 Å². The van der Waals surface area contributed by atoms with Crippen LogP contribution in [0.25, 0.3) is 27.6 Å². The van der Waals surface area contributed by atoms with Crippen molar-refractivity contribution in [1.29, 1.82) is 0 Å². The zero-order chi connectivity index (χ0) is 44.3. The number of rotatable bonds is 9. The Labute approximate surface area is 394 Å². The SMILES string of the molecule is CC(C)(C)C1=CN(c2cc(C(C)(C)c3ccccc3)cc(C(C)(C)c3ccccc3)c2)[CH-]N1c1[c-]c(Oc2[c-]c3c(cc2)c2ccccc2n3-c2cc(C(C)(C)C)ccn2)ccc1.[Pt]. The largest absolute Gasteiger partial charge is 0.509 e. The van der Waals surface area contributed by atoms with Gasteiger partial charge in [-0.15, -0.1) is 48.1 Å². The summed E-state index contributed by atoms with van der Waals surface area (Å²) in [5.41, 5.74) is 10.7. The minimum Gasteiger partial charge on any atom is -0.509 e. The van der Waals surface area contributed by atoms with Crippen LogP contribution in [0.2, 0.25) is 0 Å². The van der Waals surface area contributed by atoms with Crippen LogP contribution >= 0.6 is 0 Å². The van der Waals surface area contributed by atoms with Crippen molar-refractivity contribution in [2.24, 2.45) is 5.41 Å². The van der Waals surface area contributed by atoms with Gasteiger partial charge in [-0.2, -0.15) is 12.1 Å². The van der Waals surface area contributed by atoms with Gasteiger partial charge in [0, 0.05) is 71.9 Å². The van der Waals surface area contributed by atoms with Gasteiger partial charge in [-0.05, 0) is 75.2 Å². The molecule has 2 aromatic heterocycles. The number of anilines is 2. The number of aromatic nitrogens is 2. The third-order valence-corrected chi connectivity index (χ3v) is 12.8. The van der Waals surface area contributed by atoms with Gasteiger partial charge >= 0.3 is 0 Å². The van der Waals surface area contributed by atoms with Crippen molar-refractivity contribution in [1.82, 2.24) is 9.55 Å². The van der Waals surface area contributed by atoms with E-state index in [0.717, 1.165) is 44.7 Å². The first-order chi connectivity index (χ1) is 30.0. The van der Waals surface area contributed by atoms with E-state index in [1.54, 1.807) is 0 Å². The van der Waals surface area contributed by atoms with Crippen molar-refractivity contribution in [2.45, 2.75) is 85.5 Å². The fraction of sp³-hybridized carbons (Fsp3) is 0.241. The predicted octanol–water partition coefficient (Wildman–Crippen LogP) is 14.9. The van der Waals surface area contributed by atoms with E-state index in [1.165, 1.54) is 27.8 Å². The van der Waals surface area contributed by atoms with Crippen LogP contribution in [0, 0.1) is 24.2 Å². The fourth-order valence-corrected chi connectivity index (χ4v) is 8.76. The number of para-hydroxylation sites is 1. The smallest absolute Gasteiger partial charge is 0.135 e. The number of hydrogen-bond acceptors (Lipinski definition) is 4. The van der Waals surface area contributed by atoms with Gasteiger partial charge in [-0.25, -0.2) is 4.98 Å². The topological polar surface area (TPSA) is 33.5 Å². The number of allylic oxidation sites excluding steroid dienone is 1. The summed E-state index contributed by atoms with van der Waals surface area (Å²) < 4.78 is 8.85. The zero-order valence-electron chi connectivity index (χ0n) is 38.6. The molecule has 6 aromatic carbocycles. The summed E-state index contributed by atoms with van der Waals surface area (Å²) in [7, 11) is 0. The van der Waals surface area contributed by atoms with Crippen LogP contribution in [0.15, 0.2) is 164 Å². The Morgan fingerprint density at radius 2 is 1.14 bits per heavy atom. The van der Waals surface area contributed by atoms with Crippen LogP contribution in [-0.4, -0.2) is 9.55 Å². The van der Waals surface area contributed by atoms with Crippen molar-refractivity contribution in [3.8, 4) is 17.3 Å². The minimum absolute atomic E-state index is 0. The first kappa shape index (κ1) is 44.7. The molecule has 5 nitrogen and oxygen atoms in total. The molecule has 3 heterocycles. The molecule has 0 bridgehead atoms. The van der Waals surface area contributed by atoms with E-state index < -0.39 is 0 Å². The molecule has 8 aromatic rings. The molecule has 0 amide bonds. The Bertz CT molecular complexity index is 2920. The number of benzene rings is 6. The van der Waals surface area contributed by atoms with Gasteiger partial charge in [0.2, 0.25) is 0 Å². The normalized spacial score (nSPS) is 13.6. The van der Waals surface area contributed by atoms with Gasteiger partial charge in [0.05, 0.1) is 0 Å². The van der Waals surface area contributed by atoms with E-state index in [9.17, 15) is 0 Å². The summed E-state index contributed by atoms with van der Waals surface area (Å²) >= 11 is 0. The van der Waals surface area contributed by atoms with Crippen molar-refractivity contribution >= 4 is 33.2 Å². The van der Waals surface area contributed by atoms with E-state index in [-0.39, 0.29) is 42.7 Å². The molecule has 0 N–H and O–H groups in total. The van der Waals surface area contributed by atoms with Gasteiger partial charge in [0.15, 0.2) is 0 Å². The summed E-state index contributed by atoms with van der Waals surface area (Å²) in [5.74, 6) is 2.07. The second-order valence-electron chi connectivity index (χ2n) is 20.0. The molecule has 0 saturated heterocycles. The van der Waals surface area contributed by atoms with E-state index in [1.807, 2.05) is 24.4 Å². The third-order valence-electron chi connectivity index (χ3n) is 12.8. The summed E-state index contributed by atoms with van der Waals surface area (Å²) in [6.07, 6.45) is 4.18. The van der Waals surface area contributed by atoms with Gasteiger partial charge < -0.3 is 19.1 Å². The van der Waals surface area contributed by atoms with Crippen LogP contribution in [0.5, 0.6) is 11.5 Å². The van der Waals surface area contributed by atoms with Gasteiger partial charge in [0.25, 0.3) is 0 Å². The first-order valence-electron chi connectivity index (χ1n) is 22.0. The number of hydrogen-bond donors (Lipinski definition) is 0.